The summed E-state index contributed by atoms with van der Waals surface area (Å²) in [6, 6.07) is 6.15. The highest BCUT2D eigenvalue weighted by atomic mass is 32.1. The molecule has 0 aliphatic carbocycles. The summed E-state index contributed by atoms with van der Waals surface area (Å²) in [5, 5.41) is 6.76. The van der Waals surface area contributed by atoms with Crippen LogP contribution in [0, 0.1) is 0 Å². The standard InChI is InChI=1S/C15H27N3S2/c1-14(2,19)10-16-8-12-6-5-7-13(18-12)9-17-11-15(3,4)20/h5-7,16-17,19-20H,8-11H2,1-4H3. The highest BCUT2D eigenvalue weighted by Crippen LogP contribution is 2.10. The second kappa shape index (κ2) is 7.69. The lowest BCUT2D eigenvalue weighted by Gasteiger charge is -2.18. The third kappa shape index (κ3) is 8.84. The minimum absolute atomic E-state index is 0.00266. The van der Waals surface area contributed by atoms with Gasteiger partial charge in [-0.25, -0.2) is 0 Å². The third-order valence-corrected chi connectivity index (χ3v) is 2.91. The molecule has 0 saturated carbocycles. The summed E-state index contributed by atoms with van der Waals surface area (Å²) in [5.41, 5.74) is 2.12. The normalized spacial score (nSPS) is 12.7. The van der Waals surface area contributed by atoms with Crippen molar-refractivity contribution in [3.05, 3.63) is 29.6 Å². The van der Waals surface area contributed by atoms with E-state index in [1.165, 1.54) is 0 Å². The molecule has 0 aliphatic heterocycles. The fourth-order valence-electron chi connectivity index (χ4n) is 1.72. The number of thiol groups is 2. The Morgan fingerprint density at radius 3 is 1.65 bits per heavy atom. The minimum atomic E-state index is -0.00266. The number of hydrogen-bond acceptors (Lipinski definition) is 5. The van der Waals surface area contributed by atoms with Crippen LogP contribution in [0.2, 0.25) is 0 Å². The Hall–Kier alpha value is -0.230. The molecule has 0 unspecified atom stereocenters. The molecule has 114 valence electrons. The van der Waals surface area contributed by atoms with E-state index in [2.05, 4.69) is 74.6 Å². The minimum Gasteiger partial charge on any atom is -0.310 e. The van der Waals surface area contributed by atoms with Crippen LogP contribution in [0.15, 0.2) is 18.2 Å². The van der Waals surface area contributed by atoms with Crippen LogP contribution in [0.3, 0.4) is 0 Å². The number of hydrogen-bond donors (Lipinski definition) is 4. The fourth-order valence-corrected chi connectivity index (χ4v) is 1.94. The maximum Gasteiger partial charge on any atom is 0.0545 e. The molecule has 0 aromatic carbocycles. The molecular weight excluding hydrogens is 286 g/mol. The van der Waals surface area contributed by atoms with Crippen LogP contribution in [0.25, 0.3) is 0 Å². The summed E-state index contributed by atoms with van der Waals surface area (Å²) in [6.45, 7) is 11.6. The summed E-state index contributed by atoms with van der Waals surface area (Å²) in [4.78, 5) is 4.64. The smallest absolute Gasteiger partial charge is 0.0545 e. The lowest BCUT2D eigenvalue weighted by atomic mass is 10.2. The lowest BCUT2D eigenvalue weighted by molar-refractivity contribution is 0.576. The van der Waals surface area contributed by atoms with Crippen molar-refractivity contribution in [1.82, 2.24) is 15.6 Å². The summed E-state index contributed by atoms with van der Waals surface area (Å²) < 4.78 is -0.00532. The first-order chi connectivity index (χ1) is 9.16. The van der Waals surface area contributed by atoms with Crippen molar-refractivity contribution in [2.75, 3.05) is 13.1 Å². The van der Waals surface area contributed by atoms with E-state index in [1.54, 1.807) is 0 Å². The van der Waals surface area contributed by atoms with Gasteiger partial charge in [0.25, 0.3) is 0 Å². The van der Waals surface area contributed by atoms with Crippen molar-refractivity contribution >= 4 is 25.3 Å². The third-order valence-electron chi connectivity index (χ3n) is 2.59. The average molecular weight is 314 g/mol. The highest BCUT2D eigenvalue weighted by Gasteiger charge is 2.11. The van der Waals surface area contributed by atoms with Gasteiger partial charge >= 0.3 is 0 Å². The van der Waals surface area contributed by atoms with Crippen molar-refractivity contribution < 1.29 is 0 Å². The molecule has 20 heavy (non-hydrogen) atoms. The van der Waals surface area contributed by atoms with Crippen molar-refractivity contribution in [1.29, 1.82) is 0 Å². The van der Waals surface area contributed by atoms with Gasteiger partial charge in [-0.1, -0.05) is 6.07 Å². The van der Waals surface area contributed by atoms with E-state index in [0.29, 0.717) is 0 Å². The summed E-state index contributed by atoms with van der Waals surface area (Å²) in [6.07, 6.45) is 0. The van der Waals surface area contributed by atoms with E-state index < -0.39 is 0 Å². The molecule has 0 spiro atoms. The zero-order valence-corrected chi connectivity index (χ0v) is 14.7. The Labute approximate surface area is 134 Å². The van der Waals surface area contributed by atoms with E-state index in [1.807, 2.05) is 12.1 Å². The van der Waals surface area contributed by atoms with Crippen molar-refractivity contribution in [3.8, 4) is 0 Å². The Kier molecular flexibility index (Phi) is 6.85. The van der Waals surface area contributed by atoms with Gasteiger partial charge in [0.15, 0.2) is 0 Å². The molecule has 1 rings (SSSR count). The van der Waals surface area contributed by atoms with Gasteiger partial charge < -0.3 is 10.6 Å². The van der Waals surface area contributed by atoms with Crippen LogP contribution in [-0.4, -0.2) is 27.6 Å². The Morgan fingerprint density at radius 2 is 1.30 bits per heavy atom. The molecule has 0 saturated heterocycles. The van der Waals surface area contributed by atoms with Crippen molar-refractivity contribution in [3.63, 3.8) is 0 Å². The van der Waals surface area contributed by atoms with E-state index in [-0.39, 0.29) is 9.49 Å². The zero-order chi connectivity index (χ0) is 15.2. The molecule has 0 bridgehead atoms. The highest BCUT2D eigenvalue weighted by molar-refractivity contribution is 7.82. The topological polar surface area (TPSA) is 37.0 Å². The molecule has 0 aliphatic rings. The molecule has 2 N–H and O–H groups in total. The van der Waals surface area contributed by atoms with Crippen LogP contribution in [0.4, 0.5) is 0 Å². The zero-order valence-electron chi connectivity index (χ0n) is 12.9. The van der Waals surface area contributed by atoms with Crippen molar-refractivity contribution in [2.45, 2.75) is 50.3 Å². The predicted molar refractivity (Wildman–Crippen MR) is 93.8 cm³/mol. The first-order valence-electron chi connectivity index (χ1n) is 6.97. The van der Waals surface area contributed by atoms with E-state index in [4.69, 9.17) is 0 Å². The fraction of sp³-hybridized carbons (Fsp3) is 0.667. The molecule has 1 aromatic rings. The SMILES string of the molecule is CC(C)(S)CNCc1cccc(CNCC(C)(C)S)n1. The summed E-state index contributed by atoms with van der Waals surface area (Å²) in [5.74, 6) is 0. The quantitative estimate of drug-likeness (QED) is 0.558. The Bertz CT molecular complexity index is 373. The molecule has 1 aromatic heterocycles. The van der Waals surface area contributed by atoms with Gasteiger partial charge in [0.05, 0.1) is 11.4 Å². The van der Waals surface area contributed by atoms with Crippen LogP contribution in [0.5, 0.6) is 0 Å². The first-order valence-corrected chi connectivity index (χ1v) is 7.86. The van der Waals surface area contributed by atoms with E-state index in [0.717, 1.165) is 37.6 Å². The van der Waals surface area contributed by atoms with Crippen LogP contribution in [0.1, 0.15) is 39.1 Å². The number of aromatic nitrogens is 1. The molecule has 0 atom stereocenters. The summed E-state index contributed by atoms with van der Waals surface area (Å²) >= 11 is 8.99. The number of pyridine rings is 1. The van der Waals surface area contributed by atoms with Gasteiger partial charge in [0.2, 0.25) is 0 Å². The van der Waals surface area contributed by atoms with Gasteiger partial charge in [0.1, 0.15) is 0 Å². The summed E-state index contributed by atoms with van der Waals surface area (Å²) in [7, 11) is 0. The lowest BCUT2D eigenvalue weighted by Crippen LogP contribution is -2.31. The maximum atomic E-state index is 4.64. The second-order valence-electron chi connectivity index (χ2n) is 6.45. The van der Waals surface area contributed by atoms with Crippen LogP contribution >= 0.6 is 25.3 Å². The largest absolute Gasteiger partial charge is 0.310 e. The monoisotopic (exact) mass is 313 g/mol. The second-order valence-corrected chi connectivity index (χ2v) is 8.87. The van der Waals surface area contributed by atoms with Gasteiger partial charge in [-0.3, -0.25) is 4.98 Å². The number of nitrogens with zero attached hydrogens (tertiary/aromatic N) is 1. The number of nitrogens with one attached hydrogen (secondary N) is 2. The van der Waals surface area contributed by atoms with Gasteiger partial charge in [-0.05, 0) is 39.8 Å². The van der Waals surface area contributed by atoms with E-state index in [9.17, 15) is 0 Å². The number of rotatable bonds is 8. The Balaban J connectivity index is 2.41. The van der Waals surface area contributed by atoms with Crippen LogP contribution < -0.4 is 10.6 Å². The first kappa shape index (κ1) is 17.8. The van der Waals surface area contributed by atoms with Gasteiger partial charge in [-0.15, -0.1) is 0 Å². The predicted octanol–water partition coefficient (Wildman–Crippen LogP) is 2.68. The van der Waals surface area contributed by atoms with Crippen molar-refractivity contribution in [2.24, 2.45) is 0 Å². The molecule has 5 heteroatoms. The van der Waals surface area contributed by atoms with Gasteiger partial charge in [-0.2, -0.15) is 25.3 Å². The van der Waals surface area contributed by atoms with E-state index >= 15 is 0 Å². The molecule has 0 fully saturated rings. The maximum absolute atomic E-state index is 4.64. The Morgan fingerprint density at radius 1 is 0.900 bits per heavy atom. The average Bonchev–Trinajstić information content (AvgIpc) is 2.26. The molecular formula is C15H27N3S2. The van der Waals surface area contributed by atoms with Gasteiger partial charge in [0, 0.05) is 35.7 Å². The molecule has 0 amide bonds. The molecule has 0 radical (unpaired) electrons. The molecule has 1 heterocycles. The van der Waals surface area contributed by atoms with Crippen LogP contribution in [-0.2, 0) is 13.1 Å². The molecule has 3 nitrogen and oxygen atoms in total.